The Labute approximate surface area is 102 Å². The highest BCUT2D eigenvalue weighted by Gasteiger charge is 2.07. The summed E-state index contributed by atoms with van der Waals surface area (Å²) in [6, 6.07) is 21.9. The normalized spacial score (nSPS) is 11.5. The molecule has 0 bridgehead atoms. The first-order valence-electron chi connectivity index (χ1n) is 5.63. The van der Waals surface area contributed by atoms with E-state index in [1.54, 1.807) is 0 Å². The van der Waals surface area contributed by atoms with Crippen LogP contribution in [0.5, 0.6) is 0 Å². The smallest absolute Gasteiger partial charge is 0.118 e. The maximum atomic E-state index is 9.14. The minimum atomic E-state index is -0.195. The van der Waals surface area contributed by atoms with Gasteiger partial charge in [0.2, 0.25) is 0 Å². The largest absolute Gasteiger partial charge is 0.370 e. The lowest BCUT2D eigenvalue weighted by Crippen LogP contribution is -2.19. The summed E-state index contributed by atoms with van der Waals surface area (Å²) in [4.78, 5) is 0. The molecule has 0 spiro atoms. The Morgan fingerprint density at radius 2 is 1.53 bits per heavy atom. The first-order chi connectivity index (χ1) is 8.38. The van der Waals surface area contributed by atoms with Gasteiger partial charge in [0.05, 0.1) is 6.07 Å². The standard InChI is InChI=1S/C15H14N2/c16-12-15(11-13-7-3-1-4-8-13)17-14-9-5-2-6-10-14/h1-10,15,17H,11H2. The Bertz CT molecular complexity index is 444. The summed E-state index contributed by atoms with van der Waals surface area (Å²) in [5.74, 6) is 0. The van der Waals surface area contributed by atoms with Gasteiger partial charge in [-0.2, -0.15) is 5.26 Å². The third-order valence-corrected chi connectivity index (χ3v) is 2.55. The average Bonchev–Trinajstić information content (AvgIpc) is 2.40. The van der Waals surface area contributed by atoms with Crippen LogP contribution in [-0.2, 0) is 6.42 Å². The van der Waals surface area contributed by atoms with Gasteiger partial charge in [-0.05, 0) is 17.7 Å². The summed E-state index contributed by atoms with van der Waals surface area (Å²) in [5, 5.41) is 12.4. The first kappa shape index (κ1) is 11.2. The second kappa shape index (κ2) is 5.72. The molecular weight excluding hydrogens is 208 g/mol. The van der Waals surface area contributed by atoms with Gasteiger partial charge in [0, 0.05) is 12.1 Å². The number of anilines is 1. The van der Waals surface area contributed by atoms with Crippen molar-refractivity contribution in [1.82, 2.24) is 0 Å². The zero-order valence-corrected chi connectivity index (χ0v) is 9.51. The maximum Gasteiger partial charge on any atom is 0.118 e. The van der Waals surface area contributed by atoms with Crippen molar-refractivity contribution < 1.29 is 0 Å². The van der Waals surface area contributed by atoms with E-state index >= 15 is 0 Å². The number of hydrogen-bond acceptors (Lipinski definition) is 2. The second-order valence-corrected chi connectivity index (χ2v) is 3.88. The fourth-order valence-corrected chi connectivity index (χ4v) is 1.71. The van der Waals surface area contributed by atoms with Crippen molar-refractivity contribution in [3.63, 3.8) is 0 Å². The van der Waals surface area contributed by atoms with Gasteiger partial charge < -0.3 is 5.32 Å². The molecular formula is C15H14N2. The Balaban J connectivity index is 2.01. The van der Waals surface area contributed by atoms with E-state index in [1.165, 1.54) is 5.56 Å². The summed E-state index contributed by atoms with van der Waals surface area (Å²) >= 11 is 0. The van der Waals surface area contributed by atoms with Gasteiger partial charge in [-0.1, -0.05) is 48.5 Å². The topological polar surface area (TPSA) is 35.8 Å². The molecule has 17 heavy (non-hydrogen) atoms. The van der Waals surface area contributed by atoms with Gasteiger partial charge in [0.25, 0.3) is 0 Å². The zero-order chi connectivity index (χ0) is 11.9. The molecule has 0 aliphatic rings. The molecule has 1 N–H and O–H groups in total. The third kappa shape index (κ3) is 3.35. The van der Waals surface area contributed by atoms with Crippen LogP contribution in [-0.4, -0.2) is 6.04 Å². The van der Waals surface area contributed by atoms with Crippen LogP contribution in [0.15, 0.2) is 60.7 Å². The number of benzene rings is 2. The fraction of sp³-hybridized carbons (Fsp3) is 0.133. The Morgan fingerprint density at radius 1 is 0.941 bits per heavy atom. The van der Waals surface area contributed by atoms with Crippen LogP contribution in [0.2, 0.25) is 0 Å². The molecule has 2 heteroatoms. The van der Waals surface area contributed by atoms with Crippen LogP contribution < -0.4 is 5.32 Å². The van der Waals surface area contributed by atoms with Gasteiger partial charge in [-0.3, -0.25) is 0 Å². The number of rotatable bonds is 4. The molecule has 1 unspecified atom stereocenters. The highest BCUT2D eigenvalue weighted by Crippen LogP contribution is 2.10. The van der Waals surface area contributed by atoms with E-state index in [-0.39, 0.29) is 6.04 Å². The van der Waals surface area contributed by atoms with E-state index in [0.717, 1.165) is 5.69 Å². The van der Waals surface area contributed by atoms with Gasteiger partial charge in [-0.25, -0.2) is 0 Å². The first-order valence-corrected chi connectivity index (χ1v) is 5.63. The quantitative estimate of drug-likeness (QED) is 0.862. The molecule has 2 rings (SSSR count). The van der Waals surface area contributed by atoms with Gasteiger partial charge in [-0.15, -0.1) is 0 Å². The number of para-hydroxylation sites is 1. The van der Waals surface area contributed by atoms with Crippen molar-refractivity contribution in [2.75, 3.05) is 5.32 Å². The SMILES string of the molecule is N#CC(Cc1ccccc1)Nc1ccccc1. The molecule has 84 valence electrons. The summed E-state index contributed by atoms with van der Waals surface area (Å²) < 4.78 is 0. The van der Waals surface area contributed by atoms with Gasteiger partial charge in [0.15, 0.2) is 0 Å². The summed E-state index contributed by atoms with van der Waals surface area (Å²) in [6.07, 6.45) is 0.715. The van der Waals surface area contributed by atoms with Crippen molar-refractivity contribution in [2.45, 2.75) is 12.5 Å². The molecule has 0 heterocycles. The molecule has 2 aromatic carbocycles. The van der Waals surface area contributed by atoms with E-state index in [0.29, 0.717) is 6.42 Å². The molecule has 0 amide bonds. The van der Waals surface area contributed by atoms with E-state index < -0.39 is 0 Å². The van der Waals surface area contributed by atoms with E-state index in [4.69, 9.17) is 5.26 Å². The maximum absolute atomic E-state index is 9.14. The Morgan fingerprint density at radius 3 is 2.12 bits per heavy atom. The second-order valence-electron chi connectivity index (χ2n) is 3.88. The van der Waals surface area contributed by atoms with Crippen molar-refractivity contribution in [3.8, 4) is 6.07 Å². The van der Waals surface area contributed by atoms with Gasteiger partial charge >= 0.3 is 0 Å². The number of nitriles is 1. The van der Waals surface area contributed by atoms with Crippen LogP contribution >= 0.6 is 0 Å². The Hall–Kier alpha value is -2.27. The lowest BCUT2D eigenvalue weighted by molar-refractivity contribution is 0.877. The van der Waals surface area contributed by atoms with Gasteiger partial charge in [0.1, 0.15) is 6.04 Å². The lowest BCUT2D eigenvalue weighted by atomic mass is 10.1. The van der Waals surface area contributed by atoms with Crippen LogP contribution in [0.1, 0.15) is 5.56 Å². The minimum absolute atomic E-state index is 0.195. The molecule has 0 fully saturated rings. The molecule has 0 aliphatic heterocycles. The molecule has 0 saturated heterocycles. The summed E-state index contributed by atoms with van der Waals surface area (Å²) in [5.41, 5.74) is 2.15. The van der Waals surface area contributed by atoms with Crippen molar-refractivity contribution in [1.29, 1.82) is 5.26 Å². The van der Waals surface area contributed by atoms with E-state index in [2.05, 4.69) is 11.4 Å². The van der Waals surface area contributed by atoms with Crippen LogP contribution in [0.3, 0.4) is 0 Å². The molecule has 0 radical (unpaired) electrons. The highest BCUT2D eigenvalue weighted by atomic mass is 14.9. The molecule has 0 aliphatic carbocycles. The predicted octanol–water partition coefficient (Wildman–Crippen LogP) is 3.23. The fourth-order valence-electron chi connectivity index (χ4n) is 1.71. The number of hydrogen-bond donors (Lipinski definition) is 1. The molecule has 1 atom stereocenters. The highest BCUT2D eigenvalue weighted by molar-refractivity contribution is 5.45. The zero-order valence-electron chi connectivity index (χ0n) is 9.51. The summed E-state index contributed by atoms with van der Waals surface area (Å²) in [6.45, 7) is 0. The van der Waals surface area contributed by atoms with Crippen molar-refractivity contribution in [3.05, 3.63) is 66.2 Å². The summed E-state index contributed by atoms with van der Waals surface area (Å²) in [7, 11) is 0. The molecule has 0 saturated carbocycles. The van der Waals surface area contributed by atoms with Crippen LogP contribution in [0.4, 0.5) is 5.69 Å². The number of nitrogens with zero attached hydrogens (tertiary/aromatic N) is 1. The third-order valence-electron chi connectivity index (χ3n) is 2.55. The minimum Gasteiger partial charge on any atom is -0.370 e. The lowest BCUT2D eigenvalue weighted by Gasteiger charge is -2.12. The van der Waals surface area contributed by atoms with Crippen molar-refractivity contribution in [2.24, 2.45) is 0 Å². The molecule has 0 aromatic heterocycles. The van der Waals surface area contributed by atoms with Crippen LogP contribution in [0.25, 0.3) is 0 Å². The monoisotopic (exact) mass is 222 g/mol. The average molecular weight is 222 g/mol. The van der Waals surface area contributed by atoms with E-state index in [1.807, 2.05) is 60.7 Å². The van der Waals surface area contributed by atoms with E-state index in [9.17, 15) is 0 Å². The number of nitrogens with one attached hydrogen (secondary N) is 1. The molecule has 2 aromatic rings. The van der Waals surface area contributed by atoms with Crippen LogP contribution in [0, 0.1) is 11.3 Å². The molecule has 2 nitrogen and oxygen atoms in total. The van der Waals surface area contributed by atoms with Crippen molar-refractivity contribution >= 4 is 5.69 Å². The Kier molecular flexibility index (Phi) is 3.77. The predicted molar refractivity (Wildman–Crippen MR) is 69.6 cm³/mol.